The van der Waals surface area contributed by atoms with Crippen LogP contribution in [-0.2, 0) is 4.74 Å². The van der Waals surface area contributed by atoms with Crippen LogP contribution in [-0.4, -0.2) is 47.8 Å². The Kier molecular flexibility index (Phi) is 3.93. The van der Waals surface area contributed by atoms with Gasteiger partial charge in [0.25, 0.3) is 0 Å². The van der Waals surface area contributed by atoms with Gasteiger partial charge in [0.15, 0.2) is 5.84 Å². The Balaban J connectivity index is 2.30. The lowest BCUT2D eigenvalue weighted by Gasteiger charge is -2.23. The maximum atomic E-state index is 8.43. The minimum absolute atomic E-state index is 0.00210. The predicted octanol–water partition coefficient (Wildman–Crippen LogP) is 0.622. The third kappa shape index (κ3) is 4.05. The summed E-state index contributed by atoms with van der Waals surface area (Å²) < 4.78 is 5.85. The van der Waals surface area contributed by atoms with E-state index in [9.17, 15) is 0 Å². The molecule has 0 aromatic heterocycles. The molecule has 15 heavy (non-hydrogen) atoms. The predicted molar refractivity (Wildman–Crippen MR) is 59.1 cm³/mol. The Bertz CT molecular complexity index is 241. The first-order chi connectivity index (χ1) is 6.93. The molecule has 1 fully saturated rings. The Labute approximate surface area is 90.9 Å². The highest BCUT2D eigenvalue weighted by Crippen LogP contribution is 2.29. The Morgan fingerprint density at radius 2 is 2.33 bits per heavy atom. The number of rotatable bonds is 4. The first-order valence-corrected chi connectivity index (χ1v) is 5.26. The summed E-state index contributed by atoms with van der Waals surface area (Å²) in [6.45, 7) is 5.50. The lowest BCUT2D eigenvalue weighted by atomic mass is 10.1. The fourth-order valence-corrected chi connectivity index (χ4v) is 1.93. The summed E-state index contributed by atoms with van der Waals surface area (Å²) in [5.74, 6) is 0.231. The normalized spacial score (nSPS) is 26.1. The van der Waals surface area contributed by atoms with E-state index in [1.807, 2.05) is 11.9 Å². The second-order valence-electron chi connectivity index (χ2n) is 4.83. The molecular formula is C10H21N3O2. The second-order valence-corrected chi connectivity index (χ2v) is 4.83. The zero-order valence-electron chi connectivity index (χ0n) is 9.73. The SMILES string of the molecule is CN(CC(N)=NO)CC1CCC(C)(C)O1. The van der Waals surface area contributed by atoms with Gasteiger partial charge in [-0.1, -0.05) is 5.16 Å². The van der Waals surface area contributed by atoms with E-state index in [2.05, 4.69) is 19.0 Å². The molecule has 1 aliphatic rings. The molecule has 1 unspecified atom stereocenters. The van der Waals surface area contributed by atoms with Gasteiger partial charge in [-0.05, 0) is 33.7 Å². The Morgan fingerprint density at radius 1 is 1.67 bits per heavy atom. The maximum Gasteiger partial charge on any atom is 0.153 e. The molecule has 1 saturated heterocycles. The van der Waals surface area contributed by atoms with Crippen LogP contribution in [0.1, 0.15) is 26.7 Å². The molecule has 0 radical (unpaired) electrons. The van der Waals surface area contributed by atoms with Crippen molar-refractivity contribution in [2.45, 2.75) is 38.4 Å². The van der Waals surface area contributed by atoms with Crippen molar-refractivity contribution in [3.63, 3.8) is 0 Å². The quantitative estimate of drug-likeness (QED) is 0.312. The molecule has 0 aromatic rings. The molecular weight excluding hydrogens is 194 g/mol. The third-order valence-electron chi connectivity index (χ3n) is 2.63. The zero-order valence-corrected chi connectivity index (χ0v) is 9.73. The molecule has 0 spiro atoms. The lowest BCUT2D eigenvalue weighted by molar-refractivity contribution is -0.0246. The monoisotopic (exact) mass is 215 g/mol. The molecule has 1 heterocycles. The summed E-state index contributed by atoms with van der Waals surface area (Å²) in [5.41, 5.74) is 5.42. The lowest BCUT2D eigenvalue weighted by Crippen LogP contribution is -2.36. The average Bonchev–Trinajstić information content (AvgIpc) is 2.44. The van der Waals surface area contributed by atoms with Gasteiger partial charge in [0.2, 0.25) is 0 Å². The number of hydrogen-bond acceptors (Lipinski definition) is 4. The van der Waals surface area contributed by atoms with Crippen LogP contribution in [0.4, 0.5) is 0 Å². The van der Waals surface area contributed by atoms with Crippen LogP contribution in [0.15, 0.2) is 5.16 Å². The maximum absolute atomic E-state index is 8.43. The molecule has 1 rings (SSSR count). The molecule has 1 atom stereocenters. The molecule has 3 N–H and O–H groups in total. The van der Waals surface area contributed by atoms with Crippen LogP contribution < -0.4 is 5.73 Å². The smallest absolute Gasteiger partial charge is 0.153 e. The van der Waals surface area contributed by atoms with Crippen LogP contribution in [0, 0.1) is 0 Å². The third-order valence-corrected chi connectivity index (χ3v) is 2.63. The molecule has 0 bridgehead atoms. The van der Waals surface area contributed by atoms with Gasteiger partial charge in [-0.2, -0.15) is 0 Å². The van der Waals surface area contributed by atoms with E-state index < -0.39 is 0 Å². The van der Waals surface area contributed by atoms with Crippen molar-refractivity contribution in [3.05, 3.63) is 0 Å². The first kappa shape index (κ1) is 12.3. The van der Waals surface area contributed by atoms with Crippen LogP contribution in [0.3, 0.4) is 0 Å². The summed E-state index contributed by atoms with van der Waals surface area (Å²) in [5, 5.41) is 11.4. The molecule has 0 amide bonds. The molecule has 5 heteroatoms. The van der Waals surface area contributed by atoms with E-state index in [1.54, 1.807) is 0 Å². The first-order valence-electron chi connectivity index (χ1n) is 5.26. The van der Waals surface area contributed by atoms with Crippen LogP contribution in [0.25, 0.3) is 0 Å². The molecule has 0 aromatic carbocycles. The van der Waals surface area contributed by atoms with E-state index in [0.29, 0.717) is 6.54 Å². The molecule has 88 valence electrons. The van der Waals surface area contributed by atoms with Crippen molar-refractivity contribution in [1.29, 1.82) is 0 Å². The van der Waals surface area contributed by atoms with Gasteiger partial charge in [0, 0.05) is 6.54 Å². The zero-order chi connectivity index (χ0) is 11.5. The van der Waals surface area contributed by atoms with Crippen molar-refractivity contribution in [1.82, 2.24) is 4.90 Å². The minimum Gasteiger partial charge on any atom is -0.409 e. The van der Waals surface area contributed by atoms with Gasteiger partial charge in [-0.25, -0.2) is 0 Å². The van der Waals surface area contributed by atoms with Crippen molar-refractivity contribution in [2.24, 2.45) is 10.9 Å². The van der Waals surface area contributed by atoms with Crippen molar-refractivity contribution >= 4 is 5.84 Å². The molecule has 0 aliphatic carbocycles. The van der Waals surface area contributed by atoms with Gasteiger partial charge >= 0.3 is 0 Å². The topological polar surface area (TPSA) is 71.1 Å². The largest absolute Gasteiger partial charge is 0.409 e. The van der Waals surface area contributed by atoms with Gasteiger partial charge in [-0.3, -0.25) is 4.90 Å². The second kappa shape index (κ2) is 4.81. The standard InChI is InChI=1S/C10H21N3O2/c1-10(2)5-4-8(15-10)6-13(3)7-9(11)12-14/h8,14H,4-7H2,1-3H3,(H2,11,12). The number of nitrogens with zero attached hydrogens (tertiary/aromatic N) is 2. The Morgan fingerprint density at radius 3 is 2.80 bits per heavy atom. The van der Waals surface area contributed by atoms with E-state index in [1.165, 1.54) is 0 Å². The van der Waals surface area contributed by atoms with Crippen LogP contribution in [0.5, 0.6) is 0 Å². The number of ether oxygens (including phenoxy) is 1. The molecule has 0 saturated carbocycles. The summed E-state index contributed by atoms with van der Waals surface area (Å²) in [6.07, 6.45) is 2.43. The van der Waals surface area contributed by atoms with Crippen molar-refractivity contribution in [3.8, 4) is 0 Å². The average molecular weight is 215 g/mol. The fraction of sp³-hybridized carbons (Fsp3) is 0.900. The highest BCUT2D eigenvalue weighted by atomic mass is 16.5. The highest BCUT2D eigenvalue weighted by Gasteiger charge is 2.31. The van der Waals surface area contributed by atoms with Crippen molar-refractivity contribution < 1.29 is 9.94 Å². The fourth-order valence-electron chi connectivity index (χ4n) is 1.93. The summed E-state index contributed by atoms with van der Waals surface area (Å²) in [4.78, 5) is 2.00. The minimum atomic E-state index is 0.00210. The summed E-state index contributed by atoms with van der Waals surface area (Å²) >= 11 is 0. The summed E-state index contributed by atoms with van der Waals surface area (Å²) in [7, 11) is 1.94. The molecule has 1 aliphatic heterocycles. The number of amidine groups is 1. The van der Waals surface area contributed by atoms with Crippen LogP contribution >= 0.6 is 0 Å². The Hall–Kier alpha value is -0.810. The number of oxime groups is 1. The van der Waals surface area contributed by atoms with Gasteiger partial charge in [-0.15, -0.1) is 0 Å². The number of hydrogen-bond donors (Lipinski definition) is 2. The van der Waals surface area contributed by atoms with Gasteiger partial charge in [0.05, 0.1) is 18.2 Å². The van der Waals surface area contributed by atoms with Crippen molar-refractivity contribution in [2.75, 3.05) is 20.1 Å². The molecule has 5 nitrogen and oxygen atoms in total. The highest BCUT2D eigenvalue weighted by molar-refractivity contribution is 5.81. The van der Waals surface area contributed by atoms with E-state index in [0.717, 1.165) is 19.4 Å². The summed E-state index contributed by atoms with van der Waals surface area (Å²) in [6, 6.07) is 0. The number of nitrogens with two attached hydrogens (primary N) is 1. The van der Waals surface area contributed by atoms with E-state index in [4.69, 9.17) is 15.7 Å². The van der Waals surface area contributed by atoms with E-state index >= 15 is 0 Å². The van der Waals surface area contributed by atoms with Crippen LogP contribution in [0.2, 0.25) is 0 Å². The van der Waals surface area contributed by atoms with E-state index in [-0.39, 0.29) is 17.5 Å². The van der Waals surface area contributed by atoms with Gasteiger partial charge in [0.1, 0.15) is 0 Å². The number of likely N-dealkylation sites (N-methyl/N-ethyl adjacent to an activating group) is 1. The van der Waals surface area contributed by atoms with Gasteiger partial charge < -0.3 is 15.7 Å².